The van der Waals surface area contributed by atoms with Crippen LogP contribution in [0.25, 0.3) is 0 Å². The van der Waals surface area contributed by atoms with E-state index in [1.807, 2.05) is 78.9 Å². The van der Waals surface area contributed by atoms with Gasteiger partial charge in [0.25, 0.3) is 0 Å². The molecule has 1 aliphatic rings. The average Bonchev–Trinajstić information content (AvgIpc) is 2.96. The molecule has 2 amide bonds. The second-order valence-corrected chi connectivity index (χ2v) is 12.1. The summed E-state index contributed by atoms with van der Waals surface area (Å²) in [5.74, 6) is 0.727. The van der Waals surface area contributed by atoms with E-state index in [-0.39, 0.29) is 17.9 Å². The van der Waals surface area contributed by atoms with Gasteiger partial charge in [-0.2, -0.15) is 0 Å². The van der Waals surface area contributed by atoms with Crippen LogP contribution in [0.5, 0.6) is 0 Å². The molecule has 0 spiro atoms. The van der Waals surface area contributed by atoms with Crippen LogP contribution in [0, 0.1) is 0 Å². The van der Waals surface area contributed by atoms with Gasteiger partial charge < -0.3 is 10.2 Å². The summed E-state index contributed by atoms with van der Waals surface area (Å²) in [7, 11) is 0. The van der Waals surface area contributed by atoms with Crippen molar-refractivity contribution in [3.05, 3.63) is 100 Å². The van der Waals surface area contributed by atoms with E-state index < -0.39 is 6.04 Å². The Morgan fingerprint density at radius 1 is 0.846 bits per heavy atom. The fourth-order valence-electron chi connectivity index (χ4n) is 4.97. The van der Waals surface area contributed by atoms with Gasteiger partial charge in [-0.25, -0.2) is 0 Å². The molecule has 4 rings (SSSR count). The van der Waals surface area contributed by atoms with E-state index in [1.165, 1.54) is 6.42 Å². The van der Waals surface area contributed by atoms with Gasteiger partial charge in [-0.15, -0.1) is 11.8 Å². The van der Waals surface area contributed by atoms with Gasteiger partial charge in [-0.3, -0.25) is 9.59 Å². The van der Waals surface area contributed by atoms with Gasteiger partial charge in [0.1, 0.15) is 6.04 Å². The Bertz CT molecular complexity index is 1180. The van der Waals surface area contributed by atoms with E-state index in [0.29, 0.717) is 35.9 Å². The molecule has 0 aromatic heterocycles. The third-order valence-electron chi connectivity index (χ3n) is 7.11. The Morgan fingerprint density at radius 2 is 1.49 bits per heavy atom. The van der Waals surface area contributed by atoms with E-state index in [1.54, 1.807) is 16.7 Å². The van der Waals surface area contributed by atoms with Crippen molar-refractivity contribution in [2.75, 3.05) is 5.75 Å². The van der Waals surface area contributed by atoms with Gasteiger partial charge >= 0.3 is 0 Å². The van der Waals surface area contributed by atoms with Crippen LogP contribution in [0.2, 0.25) is 10.0 Å². The summed E-state index contributed by atoms with van der Waals surface area (Å²) in [6.45, 7) is 0.357. The topological polar surface area (TPSA) is 49.4 Å². The zero-order chi connectivity index (χ0) is 27.5. The second kappa shape index (κ2) is 15.4. The fourth-order valence-corrected chi connectivity index (χ4v) is 6.08. The highest BCUT2D eigenvalue weighted by atomic mass is 35.5. The number of hydrogen-bond acceptors (Lipinski definition) is 3. The molecule has 1 saturated carbocycles. The van der Waals surface area contributed by atoms with Crippen molar-refractivity contribution in [1.82, 2.24) is 10.2 Å². The fraction of sp³-hybridized carbons (Fsp3) is 0.375. The van der Waals surface area contributed by atoms with Gasteiger partial charge in [-0.05, 0) is 72.5 Å². The third-order valence-corrected chi connectivity index (χ3v) is 8.71. The molecule has 3 aromatic rings. The van der Waals surface area contributed by atoms with Crippen molar-refractivity contribution in [2.24, 2.45) is 0 Å². The van der Waals surface area contributed by atoms with Gasteiger partial charge in [0.2, 0.25) is 11.8 Å². The zero-order valence-electron chi connectivity index (χ0n) is 22.2. The highest BCUT2D eigenvalue weighted by Gasteiger charge is 2.31. The van der Waals surface area contributed by atoms with Gasteiger partial charge in [0.15, 0.2) is 0 Å². The van der Waals surface area contributed by atoms with Crippen LogP contribution < -0.4 is 5.32 Å². The van der Waals surface area contributed by atoms with Crippen LogP contribution in [-0.2, 0) is 22.6 Å². The minimum atomic E-state index is -0.596. The predicted molar refractivity (Wildman–Crippen MR) is 162 cm³/mol. The molecule has 0 aliphatic heterocycles. The first-order valence-electron chi connectivity index (χ1n) is 13.7. The highest BCUT2D eigenvalue weighted by Crippen LogP contribution is 2.24. The first-order chi connectivity index (χ1) is 19.0. The van der Waals surface area contributed by atoms with Crippen LogP contribution in [0.15, 0.2) is 83.8 Å². The lowest BCUT2D eigenvalue weighted by molar-refractivity contribution is -0.141. The number of nitrogens with one attached hydrogen (secondary N) is 1. The number of thioether (sulfide) groups is 1. The lowest BCUT2D eigenvalue weighted by Crippen LogP contribution is -2.52. The minimum Gasteiger partial charge on any atom is -0.352 e. The van der Waals surface area contributed by atoms with Crippen molar-refractivity contribution < 1.29 is 9.59 Å². The van der Waals surface area contributed by atoms with E-state index >= 15 is 0 Å². The molecule has 0 saturated heterocycles. The molecule has 0 radical (unpaired) electrons. The maximum absolute atomic E-state index is 13.8. The summed E-state index contributed by atoms with van der Waals surface area (Å²) in [6, 6.07) is 24.8. The Morgan fingerprint density at radius 3 is 2.15 bits per heavy atom. The molecular weight excluding hydrogens is 547 g/mol. The molecule has 1 N–H and O–H groups in total. The molecule has 1 fully saturated rings. The molecule has 1 aliphatic carbocycles. The number of hydrogen-bond donors (Lipinski definition) is 1. The summed E-state index contributed by atoms with van der Waals surface area (Å²) in [5, 5.41) is 4.65. The van der Waals surface area contributed by atoms with E-state index in [4.69, 9.17) is 23.2 Å². The highest BCUT2D eigenvalue weighted by molar-refractivity contribution is 7.99. The average molecular weight is 584 g/mol. The molecule has 206 valence electrons. The van der Waals surface area contributed by atoms with Gasteiger partial charge in [-0.1, -0.05) is 84.9 Å². The molecule has 0 heterocycles. The summed E-state index contributed by atoms with van der Waals surface area (Å²) < 4.78 is 0. The summed E-state index contributed by atoms with van der Waals surface area (Å²) in [6.07, 6.45) is 7.03. The second-order valence-electron chi connectivity index (χ2n) is 10.1. The standard InChI is InChI=1S/C32H36Cl2N2O2S/c33-26-15-13-25(14-16-26)23-36(31(37)12-7-21-39-29-19-17-27(34)18-20-29)30(22-24-8-3-1-4-9-24)32(38)35-28-10-5-2-6-11-28/h1,3-4,8-9,13-20,28,30H,2,5-7,10-12,21-23H2,(H,35,38)/t30-/m0/s1. The lowest BCUT2D eigenvalue weighted by atomic mass is 9.94. The van der Waals surface area contributed by atoms with Crippen molar-refractivity contribution in [2.45, 2.75) is 74.9 Å². The van der Waals surface area contributed by atoms with Crippen LogP contribution >= 0.6 is 35.0 Å². The molecule has 1 atom stereocenters. The molecule has 3 aromatic carbocycles. The first-order valence-corrected chi connectivity index (χ1v) is 15.5. The number of halogens is 2. The zero-order valence-corrected chi connectivity index (χ0v) is 24.5. The number of carbonyl (C=O) groups is 2. The number of benzene rings is 3. The molecule has 0 bridgehead atoms. The number of rotatable bonds is 12. The minimum absolute atomic E-state index is 0.0126. The van der Waals surface area contributed by atoms with Crippen LogP contribution in [-0.4, -0.2) is 34.6 Å². The van der Waals surface area contributed by atoms with Crippen molar-refractivity contribution >= 4 is 46.8 Å². The largest absolute Gasteiger partial charge is 0.352 e. The predicted octanol–water partition coefficient (Wildman–Crippen LogP) is 7.95. The van der Waals surface area contributed by atoms with E-state index in [9.17, 15) is 9.59 Å². The van der Waals surface area contributed by atoms with Crippen LogP contribution in [0.4, 0.5) is 0 Å². The number of amides is 2. The summed E-state index contributed by atoms with van der Waals surface area (Å²) >= 11 is 13.8. The van der Waals surface area contributed by atoms with Crippen molar-refractivity contribution in [3.8, 4) is 0 Å². The van der Waals surface area contributed by atoms with Crippen molar-refractivity contribution in [1.29, 1.82) is 0 Å². The van der Waals surface area contributed by atoms with Crippen LogP contribution in [0.3, 0.4) is 0 Å². The Labute approximate surface area is 246 Å². The molecule has 7 heteroatoms. The molecule has 39 heavy (non-hydrogen) atoms. The third kappa shape index (κ3) is 9.59. The number of carbonyl (C=O) groups excluding carboxylic acids is 2. The van der Waals surface area contributed by atoms with E-state index in [2.05, 4.69) is 5.32 Å². The SMILES string of the molecule is O=C(NC1CCCCC1)[C@H](Cc1ccccc1)N(Cc1ccc(Cl)cc1)C(=O)CCCSc1ccc(Cl)cc1. The summed E-state index contributed by atoms with van der Waals surface area (Å²) in [4.78, 5) is 30.5. The van der Waals surface area contributed by atoms with Crippen LogP contribution in [0.1, 0.15) is 56.1 Å². The Kier molecular flexibility index (Phi) is 11.6. The normalized spacial score (nSPS) is 14.5. The van der Waals surface area contributed by atoms with Gasteiger partial charge in [0, 0.05) is 40.4 Å². The maximum Gasteiger partial charge on any atom is 0.243 e. The Balaban J connectivity index is 1.51. The maximum atomic E-state index is 13.8. The Hall–Kier alpha value is -2.47. The monoisotopic (exact) mass is 582 g/mol. The molecular formula is C32H36Cl2N2O2S. The smallest absolute Gasteiger partial charge is 0.243 e. The van der Waals surface area contributed by atoms with Gasteiger partial charge in [0.05, 0.1) is 0 Å². The molecule has 0 unspecified atom stereocenters. The van der Waals surface area contributed by atoms with E-state index in [0.717, 1.165) is 47.5 Å². The lowest BCUT2D eigenvalue weighted by Gasteiger charge is -2.33. The van der Waals surface area contributed by atoms with Crippen molar-refractivity contribution in [3.63, 3.8) is 0 Å². The summed E-state index contributed by atoms with van der Waals surface area (Å²) in [5.41, 5.74) is 1.99. The first kappa shape index (κ1) is 29.5. The molecule has 4 nitrogen and oxygen atoms in total. The number of nitrogens with zero attached hydrogens (tertiary/aromatic N) is 1. The quantitative estimate of drug-likeness (QED) is 0.174.